The van der Waals surface area contributed by atoms with Gasteiger partial charge in [0.25, 0.3) is 0 Å². The van der Waals surface area contributed by atoms with Crippen LogP contribution in [0.25, 0.3) is 0 Å². The van der Waals surface area contributed by atoms with E-state index in [4.69, 9.17) is 0 Å². The number of nitrogens with zero attached hydrogens (tertiary/aromatic N) is 1. The largest absolute Gasteiger partial charge is 0.359 e. The molecule has 1 saturated heterocycles. The highest BCUT2D eigenvalue weighted by Crippen LogP contribution is 2.36. The molecule has 1 aromatic rings. The number of fused-ring (bicyclic) bond motifs is 1. The van der Waals surface area contributed by atoms with E-state index in [1.165, 1.54) is 32.1 Å². The van der Waals surface area contributed by atoms with Gasteiger partial charge in [0.2, 0.25) is 0 Å². The molecule has 0 radical (unpaired) electrons. The molecule has 1 N–H and O–H groups in total. The SMILES string of the molecule is O=C(CN1CCCC2CCCC21)c1ccc[nH]1. The molecule has 3 rings (SSSR count). The second kappa shape index (κ2) is 4.65. The molecule has 17 heavy (non-hydrogen) atoms. The molecular weight excluding hydrogens is 212 g/mol. The number of ketones is 1. The molecule has 0 bridgehead atoms. The summed E-state index contributed by atoms with van der Waals surface area (Å²) >= 11 is 0. The number of likely N-dealkylation sites (tertiary alicyclic amines) is 1. The predicted octanol–water partition coefficient (Wildman–Crippen LogP) is 2.46. The van der Waals surface area contributed by atoms with Crippen LogP contribution < -0.4 is 0 Å². The third kappa shape index (κ3) is 2.16. The van der Waals surface area contributed by atoms with Crippen LogP contribution in [0.5, 0.6) is 0 Å². The van der Waals surface area contributed by atoms with Gasteiger partial charge in [-0.3, -0.25) is 9.69 Å². The molecule has 1 aromatic heterocycles. The summed E-state index contributed by atoms with van der Waals surface area (Å²) in [6.45, 7) is 1.70. The van der Waals surface area contributed by atoms with E-state index in [2.05, 4.69) is 9.88 Å². The van der Waals surface area contributed by atoms with E-state index in [0.29, 0.717) is 12.6 Å². The van der Waals surface area contributed by atoms with E-state index in [0.717, 1.165) is 18.2 Å². The number of hydrogen-bond donors (Lipinski definition) is 1. The van der Waals surface area contributed by atoms with Crippen molar-refractivity contribution in [3.63, 3.8) is 0 Å². The molecule has 92 valence electrons. The first-order valence-corrected chi connectivity index (χ1v) is 6.75. The van der Waals surface area contributed by atoms with E-state index in [1.807, 2.05) is 18.3 Å². The molecule has 2 heterocycles. The van der Waals surface area contributed by atoms with Gasteiger partial charge < -0.3 is 4.98 Å². The Kier molecular flexibility index (Phi) is 3.02. The topological polar surface area (TPSA) is 36.1 Å². The van der Waals surface area contributed by atoms with Gasteiger partial charge in [0.15, 0.2) is 5.78 Å². The fraction of sp³-hybridized carbons (Fsp3) is 0.643. The number of H-pyrrole nitrogens is 1. The lowest BCUT2D eigenvalue weighted by Crippen LogP contribution is -2.45. The van der Waals surface area contributed by atoms with Gasteiger partial charge in [-0.1, -0.05) is 6.42 Å². The Labute approximate surface area is 102 Å². The summed E-state index contributed by atoms with van der Waals surface area (Å²) in [7, 11) is 0. The van der Waals surface area contributed by atoms with E-state index in [9.17, 15) is 4.79 Å². The van der Waals surface area contributed by atoms with Crippen LogP contribution in [-0.4, -0.2) is 34.8 Å². The number of carbonyl (C=O) groups is 1. The molecule has 2 unspecified atom stereocenters. The summed E-state index contributed by atoms with van der Waals surface area (Å²) in [5.41, 5.74) is 0.755. The summed E-state index contributed by atoms with van der Waals surface area (Å²) in [5, 5.41) is 0. The van der Waals surface area contributed by atoms with Crippen LogP contribution in [0, 0.1) is 5.92 Å². The van der Waals surface area contributed by atoms with Crippen molar-refractivity contribution in [2.24, 2.45) is 5.92 Å². The van der Waals surface area contributed by atoms with Gasteiger partial charge in [-0.05, 0) is 50.3 Å². The number of piperidine rings is 1. The maximum Gasteiger partial charge on any atom is 0.192 e. The number of rotatable bonds is 3. The van der Waals surface area contributed by atoms with Gasteiger partial charge in [0.05, 0.1) is 12.2 Å². The Hall–Kier alpha value is -1.09. The number of carbonyl (C=O) groups excluding carboxylic acids is 1. The van der Waals surface area contributed by atoms with Gasteiger partial charge >= 0.3 is 0 Å². The lowest BCUT2D eigenvalue weighted by Gasteiger charge is -2.37. The molecule has 2 fully saturated rings. The van der Waals surface area contributed by atoms with Gasteiger partial charge in [-0.15, -0.1) is 0 Å². The number of hydrogen-bond acceptors (Lipinski definition) is 2. The van der Waals surface area contributed by atoms with Crippen molar-refractivity contribution in [3.05, 3.63) is 24.0 Å². The predicted molar refractivity (Wildman–Crippen MR) is 67.1 cm³/mol. The first-order chi connectivity index (χ1) is 8.34. The fourth-order valence-electron chi connectivity index (χ4n) is 3.53. The summed E-state index contributed by atoms with van der Waals surface area (Å²) in [5.74, 6) is 1.10. The molecule has 3 nitrogen and oxygen atoms in total. The highest BCUT2D eigenvalue weighted by Gasteiger charge is 2.35. The average Bonchev–Trinajstić information content (AvgIpc) is 3.00. The lowest BCUT2D eigenvalue weighted by atomic mass is 9.92. The monoisotopic (exact) mass is 232 g/mol. The normalized spacial score (nSPS) is 29.2. The second-order valence-electron chi connectivity index (χ2n) is 5.38. The van der Waals surface area contributed by atoms with Crippen LogP contribution in [0.1, 0.15) is 42.6 Å². The summed E-state index contributed by atoms with van der Waals surface area (Å²) in [6, 6.07) is 4.45. The minimum absolute atomic E-state index is 0.238. The van der Waals surface area contributed by atoms with Crippen LogP contribution in [-0.2, 0) is 0 Å². The third-order valence-electron chi connectivity index (χ3n) is 4.35. The fourth-order valence-corrected chi connectivity index (χ4v) is 3.53. The maximum absolute atomic E-state index is 12.1. The smallest absolute Gasteiger partial charge is 0.192 e. The van der Waals surface area contributed by atoms with Crippen molar-refractivity contribution in [1.29, 1.82) is 0 Å². The molecule has 1 aliphatic carbocycles. The minimum Gasteiger partial charge on any atom is -0.359 e. The Balaban J connectivity index is 1.66. The standard InChI is InChI=1S/C14H20N2O/c17-14(12-6-2-8-15-12)10-16-9-3-5-11-4-1-7-13(11)16/h2,6,8,11,13,15H,1,3-5,7,9-10H2. The summed E-state index contributed by atoms with van der Waals surface area (Å²) in [4.78, 5) is 17.5. The van der Waals surface area contributed by atoms with Crippen molar-refractivity contribution in [2.45, 2.75) is 38.1 Å². The Morgan fingerprint density at radius 2 is 2.24 bits per heavy atom. The Morgan fingerprint density at radius 1 is 1.35 bits per heavy atom. The van der Waals surface area contributed by atoms with Gasteiger partial charge in [0.1, 0.15) is 0 Å². The van der Waals surface area contributed by atoms with Crippen LogP contribution in [0.3, 0.4) is 0 Å². The molecule has 1 saturated carbocycles. The van der Waals surface area contributed by atoms with Gasteiger partial charge in [-0.2, -0.15) is 0 Å². The van der Waals surface area contributed by atoms with E-state index >= 15 is 0 Å². The van der Waals surface area contributed by atoms with Crippen molar-refractivity contribution < 1.29 is 4.79 Å². The van der Waals surface area contributed by atoms with Gasteiger partial charge in [-0.25, -0.2) is 0 Å². The molecule has 2 aliphatic rings. The zero-order valence-corrected chi connectivity index (χ0v) is 10.2. The Morgan fingerprint density at radius 3 is 3.06 bits per heavy atom. The van der Waals surface area contributed by atoms with Gasteiger partial charge in [0, 0.05) is 12.2 Å². The van der Waals surface area contributed by atoms with Crippen LogP contribution >= 0.6 is 0 Å². The lowest BCUT2D eigenvalue weighted by molar-refractivity contribution is 0.0773. The molecule has 0 spiro atoms. The van der Waals surface area contributed by atoms with Crippen molar-refractivity contribution in [2.75, 3.05) is 13.1 Å². The number of nitrogens with one attached hydrogen (secondary N) is 1. The zero-order chi connectivity index (χ0) is 11.7. The molecule has 1 aliphatic heterocycles. The molecule has 2 atom stereocenters. The molecule has 3 heteroatoms. The van der Waals surface area contributed by atoms with Crippen molar-refractivity contribution >= 4 is 5.78 Å². The molecule has 0 aromatic carbocycles. The van der Waals surface area contributed by atoms with Crippen LogP contribution in [0.4, 0.5) is 0 Å². The second-order valence-corrected chi connectivity index (χ2v) is 5.38. The van der Waals surface area contributed by atoms with Crippen molar-refractivity contribution in [3.8, 4) is 0 Å². The highest BCUT2D eigenvalue weighted by atomic mass is 16.1. The maximum atomic E-state index is 12.1. The number of aromatic nitrogens is 1. The van der Waals surface area contributed by atoms with Crippen LogP contribution in [0.15, 0.2) is 18.3 Å². The minimum atomic E-state index is 0.238. The van der Waals surface area contributed by atoms with Crippen molar-refractivity contribution in [1.82, 2.24) is 9.88 Å². The number of Topliss-reactive ketones (excluding diaryl/α,β-unsaturated/α-hetero) is 1. The van der Waals surface area contributed by atoms with E-state index < -0.39 is 0 Å². The Bertz CT molecular complexity index is 385. The van der Waals surface area contributed by atoms with E-state index in [-0.39, 0.29) is 5.78 Å². The van der Waals surface area contributed by atoms with Crippen LogP contribution in [0.2, 0.25) is 0 Å². The zero-order valence-electron chi connectivity index (χ0n) is 10.2. The molecule has 0 amide bonds. The van der Waals surface area contributed by atoms with E-state index in [1.54, 1.807) is 0 Å². The first-order valence-electron chi connectivity index (χ1n) is 6.75. The summed E-state index contributed by atoms with van der Waals surface area (Å²) < 4.78 is 0. The number of aromatic amines is 1. The molecular formula is C14H20N2O. The first kappa shape index (κ1) is 11.0. The third-order valence-corrected chi connectivity index (χ3v) is 4.35. The summed E-state index contributed by atoms with van der Waals surface area (Å²) in [6.07, 6.45) is 8.47. The quantitative estimate of drug-likeness (QED) is 0.813. The highest BCUT2D eigenvalue weighted by molar-refractivity contribution is 5.95. The average molecular weight is 232 g/mol.